The minimum atomic E-state index is -0.431. The first kappa shape index (κ1) is 19.9. The first-order valence-corrected chi connectivity index (χ1v) is 8.41. The fourth-order valence-electron chi connectivity index (χ4n) is 2.40. The van der Waals surface area contributed by atoms with Gasteiger partial charge in [-0.05, 0) is 20.3 Å². The molecule has 0 N–H and O–H groups in total. The summed E-state index contributed by atoms with van der Waals surface area (Å²) in [6.07, 6.45) is 7.68. The smallest absolute Gasteiger partial charge is 0.309 e. The van der Waals surface area contributed by atoms with Crippen LogP contribution in [0.4, 0.5) is 0 Å². The van der Waals surface area contributed by atoms with E-state index in [1.54, 1.807) is 20.8 Å². The Morgan fingerprint density at radius 3 is 1.90 bits per heavy atom. The maximum Gasteiger partial charge on any atom is 0.309 e. The molecule has 0 radical (unpaired) electrons. The van der Waals surface area contributed by atoms with Crippen LogP contribution >= 0.6 is 0 Å². The summed E-state index contributed by atoms with van der Waals surface area (Å²) in [5.41, 5.74) is 0. The van der Waals surface area contributed by atoms with Gasteiger partial charge in [0.1, 0.15) is 0 Å². The van der Waals surface area contributed by atoms with E-state index in [9.17, 15) is 9.59 Å². The predicted molar refractivity (Wildman–Crippen MR) is 83.9 cm³/mol. The lowest BCUT2D eigenvalue weighted by Gasteiger charge is -2.21. The van der Waals surface area contributed by atoms with Gasteiger partial charge in [-0.3, -0.25) is 9.59 Å². The molecule has 0 bridgehead atoms. The standard InChI is InChI=1S/C17H32O4/c1-5-8-9-10-11-12-13-15(17(19)21-7-3)14(4)16(18)20-6-2/h14-15H,5-13H2,1-4H3/t14-,15-/m0/s1. The van der Waals surface area contributed by atoms with Crippen LogP contribution in [-0.4, -0.2) is 25.2 Å². The van der Waals surface area contributed by atoms with Gasteiger partial charge in [0.15, 0.2) is 0 Å². The molecule has 0 aliphatic rings. The highest BCUT2D eigenvalue weighted by atomic mass is 16.5. The number of ether oxygens (including phenoxy) is 2. The summed E-state index contributed by atoms with van der Waals surface area (Å²) in [6, 6.07) is 0. The Morgan fingerprint density at radius 2 is 1.33 bits per heavy atom. The van der Waals surface area contributed by atoms with E-state index in [0.717, 1.165) is 12.8 Å². The summed E-state index contributed by atoms with van der Waals surface area (Å²) in [5.74, 6) is -1.39. The average Bonchev–Trinajstić information content (AvgIpc) is 2.46. The molecule has 0 aromatic carbocycles. The highest BCUT2D eigenvalue weighted by molar-refractivity contribution is 5.81. The molecule has 0 aliphatic heterocycles. The Morgan fingerprint density at radius 1 is 0.810 bits per heavy atom. The van der Waals surface area contributed by atoms with E-state index < -0.39 is 5.92 Å². The van der Waals surface area contributed by atoms with Gasteiger partial charge < -0.3 is 9.47 Å². The van der Waals surface area contributed by atoms with E-state index in [1.165, 1.54) is 25.7 Å². The lowest BCUT2D eigenvalue weighted by molar-refractivity contribution is -0.160. The number of hydrogen-bond donors (Lipinski definition) is 0. The molecule has 0 rings (SSSR count). The molecule has 0 aromatic heterocycles. The van der Waals surface area contributed by atoms with Crippen LogP contribution in [0.1, 0.15) is 72.6 Å². The fourth-order valence-corrected chi connectivity index (χ4v) is 2.40. The van der Waals surface area contributed by atoms with Crippen molar-refractivity contribution in [1.82, 2.24) is 0 Å². The molecule has 0 saturated heterocycles. The Kier molecular flexibility index (Phi) is 12.0. The molecule has 0 spiro atoms. The van der Waals surface area contributed by atoms with Crippen LogP contribution in [0.3, 0.4) is 0 Å². The van der Waals surface area contributed by atoms with Crippen molar-refractivity contribution in [2.75, 3.05) is 13.2 Å². The summed E-state index contributed by atoms with van der Waals surface area (Å²) in [7, 11) is 0. The lowest BCUT2D eigenvalue weighted by Crippen LogP contribution is -2.30. The Labute approximate surface area is 129 Å². The van der Waals surface area contributed by atoms with E-state index >= 15 is 0 Å². The van der Waals surface area contributed by atoms with Gasteiger partial charge >= 0.3 is 11.9 Å². The molecule has 124 valence electrons. The van der Waals surface area contributed by atoms with E-state index in [0.29, 0.717) is 19.6 Å². The van der Waals surface area contributed by atoms with Gasteiger partial charge in [0.05, 0.1) is 25.0 Å². The largest absolute Gasteiger partial charge is 0.466 e. The van der Waals surface area contributed by atoms with Gasteiger partial charge in [0.25, 0.3) is 0 Å². The van der Waals surface area contributed by atoms with Crippen LogP contribution in [-0.2, 0) is 19.1 Å². The van der Waals surface area contributed by atoms with Crippen molar-refractivity contribution in [2.45, 2.75) is 72.6 Å². The van der Waals surface area contributed by atoms with Crippen molar-refractivity contribution in [2.24, 2.45) is 11.8 Å². The Balaban J connectivity index is 4.32. The van der Waals surface area contributed by atoms with Crippen molar-refractivity contribution in [3.63, 3.8) is 0 Å². The summed E-state index contributed by atoms with van der Waals surface area (Å²) < 4.78 is 10.1. The number of carbonyl (C=O) groups excluding carboxylic acids is 2. The zero-order chi connectivity index (χ0) is 16.1. The number of esters is 2. The number of carbonyl (C=O) groups is 2. The highest BCUT2D eigenvalue weighted by Crippen LogP contribution is 2.23. The van der Waals surface area contributed by atoms with Gasteiger partial charge in [-0.1, -0.05) is 52.4 Å². The SMILES string of the molecule is CCCCCCCC[C@H](C(=O)OCC)[C@H](C)C(=O)OCC. The van der Waals surface area contributed by atoms with E-state index in [-0.39, 0.29) is 17.9 Å². The highest BCUT2D eigenvalue weighted by Gasteiger charge is 2.31. The molecule has 0 heterocycles. The lowest BCUT2D eigenvalue weighted by atomic mass is 9.88. The Hall–Kier alpha value is -1.06. The molecule has 0 unspecified atom stereocenters. The van der Waals surface area contributed by atoms with Crippen LogP contribution in [0.5, 0.6) is 0 Å². The fraction of sp³-hybridized carbons (Fsp3) is 0.882. The van der Waals surface area contributed by atoms with E-state index in [4.69, 9.17) is 9.47 Å². The van der Waals surface area contributed by atoms with Gasteiger partial charge in [-0.15, -0.1) is 0 Å². The zero-order valence-electron chi connectivity index (χ0n) is 14.2. The minimum absolute atomic E-state index is 0.272. The van der Waals surface area contributed by atoms with Crippen LogP contribution in [0.25, 0.3) is 0 Å². The normalized spacial score (nSPS) is 13.5. The van der Waals surface area contributed by atoms with Crippen LogP contribution in [0.15, 0.2) is 0 Å². The summed E-state index contributed by atoms with van der Waals surface area (Å²) >= 11 is 0. The maximum atomic E-state index is 12.0. The van der Waals surface area contributed by atoms with Crippen molar-refractivity contribution < 1.29 is 19.1 Å². The number of unbranched alkanes of at least 4 members (excludes halogenated alkanes) is 5. The third-order valence-electron chi connectivity index (χ3n) is 3.72. The second kappa shape index (κ2) is 12.7. The number of hydrogen-bond acceptors (Lipinski definition) is 4. The van der Waals surface area contributed by atoms with Crippen LogP contribution < -0.4 is 0 Å². The van der Waals surface area contributed by atoms with Crippen LogP contribution in [0, 0.1) is 11.8 Å². The molecule has 0 aliphatic carbocycles. The van der Waals surface area contributed by atoms with Gasteiger partial charge in [0.2, 0.25) is 0 Å². The first-order chi connectivity index (χ1) is 10.1. The summed E-state index contributed by atoms with van der Waals surface area (Å²) in [4.78, 5) is 23.9. The molecule has 21 heavy (non-hydrogen) atoms. The third kappa shape index (κ3) is 8.74. The Bertz CT molecular complexity index is 289. The molecule has 0 amide bonds. The first-order valence-electron chi connectivity index (χ1n) is 8.41. The van der Waals surface area contributed by atoms with Crippen molar-refractivity contribution in [3.05, 3.63) is 0 Å². The second-order valence-electron chi connectivity index (χ2n) is 5.46. The summed E-state index contributed by atoms with van der Waals surface area (Å²) in [5, 5.41) is 0. The molecule has 0 aromatic rings. The average molecular weight is 300 g/mol. The van der Waals surface area contributed by atoms with E-state index in [1.807, 2.05) is 0 Å². The molecule has 2 atom stereocenters. The van der Waals surface area contributed by atoms with Crippen molar-refractivity contribution >= 4 is 11.9 Å². The number of rotatable bonds is 12. The molecular formula is C17H32O4. The van der Waals surface area contributed by atoms with Gasteiger partial charge in [0, 0.05) is 0 Å². The third-order valence-corrected chi connectivity index (χ3v) is 3.72. The molecular weight excluding hydrogens is 268 g/mol. The predicted octanol–water partition coefficient (Wildman–Crippen LogP) is 4.12. The molecule has 0 saturated carbocycles. The molecule has 4 heteroatoms. The van der Waals surface area contributed by atoms with Gasteiger partial charge in [-0.25, -0.2) is 0 Å². The summed E-state index contributed by atoms with van der Waals surface area (Å²) in [6.45, 7) is 8.21. The molecule has 0 fully saturated rings. The minimum Gasteiger partial charge on any atom is -0.466 e. The second-order valence-corrected chi connectivity index (χ2v) is 5.46. The monoisotopic (exact) mass is 300 g/mol. The van der Waals surface area contributed by atoms with Crippen molar-refractivity contribution in [1.29, 1.82) is 0 Å². The zero-order valence-corrected chi connectivity index (χ0v) is 14.2. The topological polar surface area (TPSA) is 52.6 Å². The molecule has 4 nitrogen and oxygen atoms in total. The quantitative estimate of drug-likeness (QED) is 0.402. The van der Waals surface area contributed by atoms with Crippen molar-refractivity contribution in [3.8, 4) is 0 Å². The van der Waals surface area contributed by atoms with Crippen LogP contribution in [0.2, 0.25) is 0 Å². The maximum absolute atomic E-state index is 12.0. The van der Waals surface area contributed by atoms with Gasteiger partial charge in [-0.2, -0.15) is 0 Å². The van der Waals surface area contributed by atoms with E-state index in [2.05, 4.69) is 6.92 Å².